The summed E-state index contributed by atoms with van der Waals surface area (Å²) >= 11 is 0. The molecule has 0 saturated heterocycles. The number of aromatic hydroxyl groups is 1. The van der Waals surface area contributed by atoms with Crippen LogP contribution in [0.15, 0.2) is 36.4 Å². The summed E-state index contributed by atoms with van der Waals surface area (Å²) in [6.45, 7) is 0. The third-order valence-corrected chi connectivity index (χ3v) is 4.79. The highest BCUT2D eigenvalue weighted by Gasteiger charge is 2.28. The molecule has 3 nitrogen and oxygen atoms in total. The number of hydrogen-bond donors (Lipinski definition) is 3. The summed E-state index contributed by atoms with van der Waals surface area (Å²) < 4.78 is 0. The second-order valence-corrected chi connectivity index (χ2v) is 6.13. The monoisotopic (exact) mass is 285 g/mol. The molecule has 2 aromatic rings. The minimum Gasteiger partial charge on any atom is -0.507 e. The molecular weight excluding hydrogens is 262 g/mol. The van der Waals surface area contributed by atoms with Gasteiger partial charge in [-0.05, 0) is 35.8 Å². The zero-order valence-electron chi connectivity index (χ0n) is 12.2. The number of phenolic OH excluding ortho intramolecular Hbond substituents is 1. The fourth-order valence-corrected chi connectivity index (χ4v) is 3.55. The molecule has 1 fully saturated rings. The molecule has 0 heterocycles. The summed E-state index contributed by atoms with van der Waals surface area (Å²) in [7, 11) is 0. The van der Waals surface area contributed by atoms with Gasteiger partial charge in [0.05, 0.1) is 12.1 Å². The summed E-state index contributed by atoms with van der Waals surface area (Å²) in [4.78, 5) is 0. The van der Waals surface area contributed by atoms with Crippen LogP contribution in [0.3, 0.4) is 0 Å². The number of hydrogen-bond acceptors (Lipinski definition) is 3. The maximum absolute atomic E-state index is 10.6. The van der Waals surface area contributed by atoms with Gasteiger partial charge in [-0.2, -0.15) is 0 Å². The molecule has 0 bridgehead atoms. The molecule has 0 aromatic heterocycles. The Balaban J connectivity index is 1.94. The normalized spacial score (nSPS) is 19.5. The Morgan fingerprint density at radius 2 is 1.62 bits per heavy atom. The molecule has 0 radical (unpaired) electrons. The number of benzene rings is 2. The van der Waals surface area contributed by atoms with E-state index in [0.29, 0.717) is 5.92 Å². The highest BCUT2D eigenvalue weighted by atomic mass is 16.3. The van der Waals surface area contributed by atoms with Crippen LogP contribution in [0.1, 0.15) is 43.7 Å². The Bertz CT molecular complexity index is 620. The Morgan fingerprint density at radius 1 is 0.952 bits per heavy atom. The van der Waals surface area contributed by atoms with Gasteiger partial charge in [0.2, 0.25) is 0 Å². The summed E-state index contributed by atoms with van der Waals surface area (Å²) in [5.41, 5.74) is 7.27. The number of aliphatic hydroxyl groups excluding tert-OH is 1. The maximum atomic E-state index is 10.6. The molecule has 1 aliphatic rings. The Labute approximate surface area is 125 Å². The van der Waals surface area contributed by atoms with Crippen molar-refractivity contribution >= 4 is 10.8 Å². The Kier molecular flexibility index (Phi) is 4.13. The maximum Gasteiger partial charge on any atom is 0.123 e. The SMILES string of the molecule is N[C@@H](c1ccc(O)c2ccccc12)[C@H](O)C1CCCCC1. The first-order chi connectivity index (χ1) is 10.2. The third kappa shape index (κ3) is 2.76. The van der Waals surface area contributed by atoms with Crippen LogP contribution in [0.4, 0.5) is 0 Å². The molecule has 2 atom stereocenters. The molecule has 0 spiro atoms. The van der Waals surface area contributed by atoms with Gasteiger partial charge in [-0.3, -0.25) is 0 Å². The second-order valence-electron chi connectivity index (χ2n) is 6.13. The number of rotatable bonds is 3. The van der Waals surface area contributed by atoms with Gasteiger partial charge in [0.25, 0.3) is 0 Å². The zero-order valence-corrected chi connectivity index (χ0v) is 12.2. The van der Waals surface area contributed by atoms with Crippen LogP contribution in [-0.4, -0.2) is 16.3 Å². The van der Waals surface area contributed by atoms with E-state index in [1.54, 1.807) is 6.07 Å². The molecule has 3 rings (SSSR count). The first-order valence-corrected chi connectivity index (χ1v) is 7.83. The first kappa shape index (κ1) is 14.4. The highest BCUT2D eigenvalue weighted by molar-refractivity contribution is 5.91. The number of nitrogens with two attached hydrogens (primary N) is 1. The van der Waals surface area contributed by atoms with Crippen LogP contribution in [0, 0.1) is 5.92 Å². The Hall–Kier alpha value is -1.58. The average molecular weight is 285 g/mol. The standard InChI is InChI=1S/C18H23NO2/c19-17(18(21)12-6-2-1-3-7-12)15-10-11-16(20)14-9-5-4-8-13(14)15/h4-5,8-12,17-18,20-21H,1-3,6-7,19H2/t17-,18+/m0/s1. The molecular formula is C18H23NO2. The van der Waals surface area contributed by atoms with Gasteiger partial charge in [-0.25, -0.2) is 0 Å². The fraction of sp³-hybridized carbons (Fsp3) is 0.444. The highest BCUT2D eigenvalue weighted by Crippen LogP contribution is 2.35. The lowest BCUT2D eigenvalue weighted by molar-refractivity contribution is 0.0622. The van der Waals surface area contributed by atoms with E-state index in [2.05, 4.69) is 0 Å². The van der Waals surface area contributed by atoms with Crippen LogP contribution in [-0.2, 0) is 0 Å². The van der Waals surface area contributed by atoms with E-state index < -0.39 is 12.1 Å². The first-order valence-electron chi connectivity index (χ1n) is 7.83. The minimum atomic E-state index is -0.516. The van der Waals surface area contributed by atoms with Crippen LogP contribution >= 0.6 is 0 Å². The van der Waals surface area contributed by atoms with Crippen molar-refractivity contribution in [3.63, 3.8) is 0 Å². The lowest BCUT2D eigenvalue weighted by Crippen LogP contribution is -2.34. The van der Waals surface area contributed by atoms with E-state index in [0.717, 1.165) is 29.2 Å². The van der Waals surface area contributed by atoms with Crippen LogP contribution in [0.2, 0.25) is 0 Å². The Morgan fingerprint density at radius 3 is 2.33 bits per heavy atom. The van der Waals surface area contributed by atoms with Gasteiger partial charge in [0, 0.05) is 5.39 Å². The summed E-state index contributed by atoms with van der Waals surface area (Å²) in [5.74, 6) is 0.551. The lowest BCUT2D eigenvalue weighted by Gasteiger charge is -2.31. The molecule has 4 N–H and O–H groups in total. The van der Waals surface area contributed by atoms with Crippen LogP contribution in [0.5, 0.6) is 5.75 Å². The van der Waals surface area contributed by atoms with Crippen molar-refractivity contribution in [3.8, 4) is 5.75 Å². The van der Waals surface area contributed by atoms with Crippen molar-refractivity contribution in [3.05, 3.63) is 42.0 Å². The van der Waals surface area contributed by atoms with Gasteiger partial charge in [-0.1, -0.05) is 49.6 Å². The van der Waals surface area contributed by atoms with Gasteiger partial charge in [0.15, 0.2) is 0 Å². The molecule has 2 aromatic carbocycles. The van der Waals surface area contributed by atoms with Gasteiger partial charge >= 0.3 is 0 Å². The van der Waals surface area contributed by atoms with Gasteiger partial charge in [0.1, 0.15) is 5.75 Å². The predicted molar refractivity (Wildman–Crippen MR) is 85.1 cm³/mol. The van der Waals surface area contributed by atoms with Crippen molar-refractivity contribution < 1.29 is 10.2 Å². The van der Waals surface area contributed by atoms with Crippen LogP contribution < -0.4 is 5.73 Å². The predicted octanol–water partition coefficient (Wildman–Crippen LogP) is 3.49. The summed E-state index contributed by atoms with van der Waals surface area (Å²) in [6, 6.07) is 10.8. The number of fused-ring (bicyclic) bond motifs is 1. The quantitative estimate of drug-likeness (QED) is 0.808. The van der Waals surface area contributed by atoms with Crippen molar-refractivity contribution in [2.45, 2.75) is 44.2 Å². The molecule has 0 aliphatic heterocycles. The van der Waals surface area contributed by atoms with E-state index in [4.69, 9.17) is 5.73 Å². The van der Waals surface area contributed by atoms with Crippen molar-refractivity contribution in [2.75, 3.05) is 0 Å². The topological polar surface area (TPSA) is 66.5 Å². The minimum absolute atomic E-state index is 0.258. The summed E-state index contributed by atoms with van der Waals surface area (Å²) in [5, 5.41) is 22.3. The second kappa shape index (κ2) is 6.04. The van der Waals surface area contributed by atoms with Crippen molar-refractivity contribution in [1.82, 2.24) is 0 Å². The molecule has 1 saturated carbocycles. The zero-order chi connectivity index (χ0) is 14.8. The third-order valence-electron chi connectivity index (χ3n) is 4.79. The average Bonchev–Trinajstić information content (AvgIpc) is 2.55. The molecule has 0 amide bonds. The van der Waals surface area contributed by atoms with Gasteiger partial charge in [-0.15, -0.1) is 0 Å². The number of aliphatic hydroxyl groups is 1. The van der Waals surface area contributed by atoms with Crippen molar-refractivity contribution in [1.29, 1.82) is 0 Å². The van der Waals surface area contributed by atoms with E-state index >= 15 is 0 Å². The van der Waals surface area contributed by atoms with Crippen LogP contribution in [0.25, 0.3) is 10.8 Å². The largest absolute Gasteiger partial charge is 0.507 e. The van der Waals surface area contributed by atoms with E-state index in [1.165, 1.54) is 19.3 Å². The van der Waals surface area contributed by atoms with E-state index in [-0.39, 0.29) is 5.75 Å². The fourth-order valence-electron chi connectivity index (χ4n) is 3.55. The molecule has 3 heteroatoms. The smallest absolute Gasteiger partial charge is 0.123 e. The molecule has 112 valence electrons. The molecule has 1 aliphatic carbocycles. The lowest BCUT2D eigenvalue weighted by atomic mass is 9.80. The van der Waals surface area contributed by atoms with Crippen molar-refractivity contribution in [2.24, 2.45) is 11.7 Å². The molecule has 0 unspecified atom stereocenters. The van der Waals surface area contributed by atoms with E-state index in [9.17, 15) is 10.2 Å². The van der Waals surface area contributed by atoms with Gasteiger partial charge < -0.3 is 15.9 Å². The van der Waals surface area contributed by atoms with E-state index in [1.807, 2.05) is 30.3 Å². The summed E-state index contributed by atoms with van der Waals surface area (Å²) in [6.07, 6.45) is 5.24. The molecule has 21 heavy (non-hydrogen) atoms. The number of phenols is 1.